The number of benzene rings is 1. The van der Waals surface area contributed by atoms with Crippen LogP contribution >= 0.6 is 23.8 Å². The van der Waals surface area contributed by atoms with Gasteiger partial charge in [-0.05, 0) is 36.8 Å². The second kappa shape index (κ2) is 8.95. The molecule has 2 aromatic heterocycles. The van der Waals surface area contributed by atoms with Crippen LogP contribution in [0, 0.1) is 0 Å². The molecule has 0 atom stereocenters. The van der Waals surface area contributed by atoms with E-state index in [2.05, 4.69) is 15.1 Å². The van der Waals surface area contributed by atoms with Gasteiger partial charge in [-0.25, -0.2) is 4.79 Å². The normalized spacial score (nSPS) is 14.2. The molecular weight excluding hydrogens is 450 g/mol. The van der Waals surface area contributed by atoms with Gasteiger partial charge in [0.15, 0.2) is 16.3 Å². The molecular formula is C21H26ClN7O2S. The second-order valence-electron chi connectivity index (χ2n) is 7.81. The molecule has 1 fully saturated rings. The Morgan fingerprint density at radius 3 is 2.38 bits per heavy atom. The molecule has 3 heterocycles. The Labute approximate surface area is 195 Å². The van der Waals surface area contributed by atoms with Crippen molar-refractivity contribution in [1.82, 2.24) is 28.9 Å². The Kier molecular flexibility index (Phi) is 6.25. The fourth-order valence-electron chi connectivity index (χ4n) is 3.97. The van der Waals surface area contributed by atoms with Crippen molar-refractivity contribution in [3.8, 4) is 0 Å². The molecule has 1 saturated heterocycles. The fraction of sp³-hybridized carbons (Fsp3) is 0.429. The van der Waals surface area contributed by atoms with Gasteiger partial charge in [-0.15, -0.1) is 0 Å². The van der Waals surface area contributed by atoms with E-state index in [-0.39, 0.29) is 5.56 Å². The maximum absolute atomic E-state index is 13.1. The molecule has 1 aliphatic rings. The molecule has 32 heavy (non-hydrogen) atoms. The van der Waals surface area contributed by atoms with Crippen molar-refractivity contribution >= 4 is 46.0 Å². The first-order valence-electron chi connectivity index (χ1n) is 10.5. The highest BCUT2D eigenvalue weighted by molar-refractivity contribution is 7.80. The molecule has 0 spiro atoms. The van der Waals surface area contributed by atoms with Crippen molar-refractivity contribution in [3.63, 3.8) is 0 Å². The number of aromatic nitrogens is 4. The van der Waals surface area contributed by atoms with Gasteiger partial charge in [-0.3, -0.25) is 18.5 Å². The van der Waals surface area contributed by atoms with E-state index in [4.69, 9.17) is 28.8 Å². The monoisotopic (exact) mass is 475 g/mol. The summed E-state index contributed by atoms with van der Waals surface area (Å²) in [5.74, 6) is 0.669. The Bertz CT molecular complexity index is 1270. The molecule has 0 aliphatic carbocycles. The number of nitrogens with one attached hydrogen (secondary N) is 1. The van der Waals surface area contributed by atoms with Gasteiger partial charge in [0.05, 0.1) is 6.54 Å². The third-order valence-electron chi connectivity index (χ3n) is 5.76. The van der Waals surface area contributed by atoms with E-state index < -0.39 is 5.69 Å². The summed E-state index contributed by atoms with van der Waals surface area (Å²) in [5, 5.41) is 4.59. The smallest absolute Gasteiger partial charge is 0.332 e. The fourth-order valence-corrected chi connectivity index (χ4v) is 4.42. The van der Waals surface area contributed by atoms with E-state index in [1.807, 2.05) is 35.8 Å². The van der Waals surface area contributed by atoms with Crippen LogP contribution in [0.5, 0.6) is 0 Å². The maximum atomic E-state index is 13.1. The predicted octanol–water partition coefficient (Wildman–Crippen LogP) is 1.15. The van der Waals surface area contributed by atoms with Crippen LogP contribution in [0.2, 0.25) is 5.02 Å². The van der Waals surface area contributed by atoms with Crippen molar-refractivity contribution in [2.24, 2.45) is 14.1 Å². The van der Waals surface area contributed by atoms with Crippen molar-refractivity contribution in [2.75, 3.05) is 37.6 Å². The van der Waals surface area contributed by atoms with Gasteiger partial charge in [0.2, 0.25) is 5.95 Å². The number of nitrogens with zero attached hydrogens (tertiary/aromatic N) is 6. The van der Waals surface area contributed by atoms with E-state index in [1.54, 1.807) is 7.05 Å². The van der Waals surface area contributed by atoms with Gasteiger partial charge < -0.3 is 15.1 Å². The molecule has 9 nitrogen and oxygen atoms in total. The minimum atomic E-state index is -0.397. The highest BCUT2D eigenvalue weighted by Crippen LogP contribution is 2.23. The summed E-state index contributed by atoms with van der Waals surface area (Å²) in [6, 6.07) is 7.50. The number of hydrogen-bond acceptors (Lipinski definition) is 5. The van der Waals surface area contributed by atoms with E-state index in [0.29, 0.717) is 41.8 Å². The lowest BCUT2D eigenvalue weighted by atomic mass is 10.2. The molecule has 1 aromatic carbocycles. The van der Waals surface area contributed by atoms with E-state index >= 15 is 0 Å². The van der Waals surface area contributed by atoms with E-state index in [1.165, 1.54) is 11.6 Å². The van der Waals surface area contributed by atoms with Crippen LogP contribution in [-0.2, 0) is 20.6 Å². The van der Waals surface area contributed by atoms with E-state index in [9.17, 15) is 9.59 Å². The molecule has 1 N–H and O–H groups in total. The van der Waals surface area contributed by atoms with Crippen molar-refractivity contribution < 1.29 is 0 Å². The molecule has 170 valence electrons. The Hall–Kier alpha value is -2.85. The summed E-state index contributed by atoms with van der Waals surface area (Å²) in [5.41, 5.74) is 1.02. The summed E-state index contributed by atoms with van der Waals surface area (Å²) in [7, 11) is 3.13. The van der Waals surface area contributed by atoms with Crippen LogP contribution in [0.15, 0.2) is 33.9 Å². The molecule has 0 radical (unpaired) electrons. The number of imidazole rings is 1. The second-order valence-corrected chi connectivity index (χ2v) is 8.64. The third kappa shape index (κ3) is 4.00. The number of anilines is 1. The number of hydrogen-bond donors (Lipinski definition) is 1. The molecule has 3 aromatic rings. The van der Waals surface area contributed by atoms with Crippen LogP contribution in [0.4, 0.5) is 5.95 Å². The van der Waals surface area contributed by atoms with Gasteiger partial charge >= 0.3 is 5.69 Å². The highest BCUT2D eigenvalue weighted by atomic mass is 35.5. The summed E-state index contributed by atoms with van der Waals surface area (Å²) < 4.78 is 4.45. The number of fused-ring (bicyclic) bond motifs is 1. The number of piperazine rings is 1. The number of rotatable bonds is 4. The molecule has 0 unspecified atom stereocenters. The van der Waals surface area contributed by atoms with Crippen molar-refractivity contribution in [3.05, 3.63) is 55.7 Å². The van der Waals surface area contributed by atoms with Crippen molar-refractivity contribution in [2.45, 2.75) is 13.5 Å². The SMILES string of the molecule is CCNC(=S)N1CCN(c2nc3c(c(=O)n(C)c(=O)n3C)n2Cc2ccc(Cl)cc2)CC1. The average molecular weight is 476 g/mol. The lowest BCUT2D eigenvalue weighted by Crippen LogP contribution is -2.52. The predicted molar refractivity (Wildman–Crippen MR) is 131 cm³/mol. The largest absolute Gasteiger partial charge is 0.363 e. The summed E-state index contributed by atoms with van der Waals surface area (Å²) >= 11 is 11.5. The van der Waals surface area contributed by atoms with Crippen LogP contribution in [-0.4, -0.2) is 61.4 Å². The van der Waals surface area contributed by atoms with Crippen LogP contribution in [0.3, 0.4) is 0 Å². The summed E-state index contributed by atoms with van der Waals surface area (Å²) in [6.07, 6.45) is 0. The molecule has 0 saturated carbocycles. The number of thiocarbonyl (C=S) groups is 1. The average Bonchev–Trinajstić information content (AvgIpc) is 3.17. The number of aryl methyl sites for hydroxylation is 1. The Morgan fingerprint density at radius 1 is 1.09 bits per heavy atom. The molecule has 1 aliphatic heterocycles. The zero-order chi connectivity index (χ0) is 23.0. The quantitative estimate of drug-likeness (QED) is 0.567. The zero-order valence-corrected chi connectivity index (χ0v) is 19.9. The van der Waals surface area contributed by atoms with Crippen molar-refractivity contribution in [1.29, 1.82) is 0 Å². The van der Waals surface area contributed by atoms with Gasteiger partial charge in [0.1, 0.15) is 0 Å². The summed E-state index contributed by atoms with van der Waals surface area (Å²) in [6.45, 7) is 6.12. The van der Waals surface area contributed by atoms with Gasteiger partial charge in [0.25, 0.3) is 5.56 Å². The van der Waals surface area contributed by atoms with Gasteiger partial charge in [-0.1, -0.05) is 23.7 Å². The maximum Gasteiger partial charge on any atom is 0.332 e. The Morgan fingerprint density at radius 2 is 1.75 bits per heavy atom. The molecule has 0 bridgehead atoms. The standard InChI is InChI=1S/C21H26ClN7O2S/c1-4-23-20(32)28-11-9-27(10-12-28)19-24-17-16(18(30)26(3)21(31)25(17)2)29(19)13-14-5-7-15(22)8-6-14/h5-8H,4,9-13H2,1-3H3,(H,23,32). The van der Waals surface area contributed by atoms with Crippen LogP contribution < -0.4 is 21.5 Å². The lowest BCUT2D eigenvalue weighted by Gasteiger charge is -2.36. The first-order chi connectivity index (χ1) is 15.3. The summed E-state index contributed by atoms with van der Waals surface area (Å²) in [4.78, 5) is 34.6. The first-order valence-corrected chi connectivity index (χ1v) is 11.3. The van der Waals surface area contributed by atoms with Crippen LogP contribution in [0.25, 0.3) is 11.2 Å². The zero-order valence-electron chi connectivity index (χ0n) is 18.3. The van der Waals surface area contributed by atoms with Gasteiger partial charge in [-0.2, -0.15) is 4.98 Å². The minimum absolute atomic E-state index is 0.359. The minimum Gasteiger partial charge on any atom is -0.363 e. The highest BCUT2D eigenvalue weighted by Gasteiger charge is 2.26. The molecule has 0 amide bonds. The molecule has 11 heteroatoms. The van der Waals surface area contributed by atoms with Crippen LogP contribution in [0.1, 0.15) is 12.5 Å². The van der Waals surface area contributed by atoms with E-state index in [0.717, 1.165) is 34.9 Å². The van der Waals surface area contributed by atoms with Gasteiger partial charge in [0, 0.05) is 51.8 Å². The topological polar surface area (TPSA) is 80.3 Å². The number of halogens is 1. The lowest BCUT2D eigenvalue weighted by molar-refractivity contribution is 0.377. The molecule has 4 rings (SSSR count). The third-order valence-corrected chi connectivity index (χ3v) is 6.41. The first kappa shape index (κ1) is 22.3. The Balaban J connectivity index is 1.78.